The van der Waals surface area contributed by atoms with Crippen LogP contribution in [0.4, 0.5) is 9.93 Å². The Hall–Kier alpha value is -1.14. The number of anilines is 1. The third-order valence-corrected chi connectivity index (χ3v) is 4.26. The minimum atomic E-state index is -0.219. The molecule has 2 rings (SSSR count). The van der Waals surface area contributed by atoms with E-state index in [2.05, 4.69) is 31.5 Å². The van der Waals surface area contributed by atoms with E-state index in [1.54, 1.807) is 0 Å². The van der Waals surface area contributed by atoms with Crippen LogP contribution in [0.3, 0.4) is 0 Å². The summed E-state index contributed by atoms with van der Waals surface area (Å²) >= 11 is 4.96. The van der Waals surface area contributed by atoms with Gasteiger partial charge in [-0.15, -0.1) is 0 Å². The van der Waals surface area contributed by atoms with Crippen LogP contribution in [-0.4, -0.2) is 17.6 Å². The molecule has 90 valence electrons. The topological polar surface area (TPSA) is 54.0 Å². The minimum absolute atomic E-state index is 0.219. The van der Waals surface area contributed by atoms with Gasteiger partial charge in [0.05, 0.1) is 10.2 Å². The van der Waals surface area contributed by atoms with Gasteiger partial charge in [0.25, 0.3) is 0 Å². The lowest BCUT2D eigenvalue weighted by molar-refractivity contribution is 0.252. The van der Waals surface area contributed by atoms with Crippen molar-refractivity contribution in [3.63, 3.8) is 0 Å². The average molecular weight is 314 g/mol. The Morgan fingerprint density at radius 1 is 1.53 bits per heavy atom. The van der Waals surface area contributed by atoms with Crippen molar-refractivity contribution in [1.29, 1.82) is 0 Å². The lowest BCUT2D eigenvalue weighted by Crippen LogP contribution is -2.28. The summed E-state index contributed by atoms with van der Waals surface area (Å²) in [4.78, 5) is 15.7. The molecule has 0 saturated heterocycles. The summed E-state index contributed by atoms with van der Waals surface area (Å²) in [5.74, 6) is 0. The maximum absolute atomic E-state index is 11.4. The zero-order chi connectivity index (χ0) is 12.4. The second-order valence-corrected chi connectivity index (χ2v) is 5.38. The molecule has 2 amide bonds. The zero-order valence-electron chi connectivity index (χ0n) is 9.50. The predicted octanol–water partition coefficient (Wildman–Crippen LogP) is 3.51. The van der Waals surface area contributed by atoms with Gasteiger partial charge in [0.1, 0.15) is 0 Å². The number of benzene rings is 1. The molecule has 1 heterocycles. The largest absolute Gasteiger partial charge is 0.338 e. The highest BCUT2D eigenvalue weighted by Gasteiger charge is 2.09. The monoisotopic (exact) mass is 313 g/mol. The van der Waals surface area contributed by atoms with Gasteiger partial charge in [-0.25, -0.2) is 9.78 Å². The summed E-state index contributed by atoms with van der Waals surface area (Å²) in [7, 11) is 0. The molecule has 4 nitrogen and oxygen atoms in total. The molecule has 0 saturated carbocycles. The van der Waals surface area contributed by atoms with Gasteiger partial charge in [-0.05, 0) is 31.5 Å². The smallest absolute Gasteiger partial charge is 0.321 e. The number of hydrogen-bond donors (Lipinski definition) is 2. The van der Waals surface area contributed by atoms with Crippen molar-refractivity contribution in [2.45, 2.75) is 13.8 Å². The summed E-state index contributed by atoms with van der Waals surface area (Å²) in [6.45, 7) is 4.50. The summed E-state index contributed by atoms with van der Waals surface area (Å²) in [6.07, 6.45) is 0. The average Bonchev–Trinajstić information content (AvgIpc) is 2.67. The van der Waals surface area contributed by atoms with Crippen molar-refractivity contribution in [2.75, 3.05) is 11.9 Å². The molecule has 0 aliphatic heterocycles. The van der Waals surface area contributed by atoms with Gasteiger partial charge in [0, 0.05) is 11.0 Å². The van der Waals surface area contributed by atoms with E-state index in [0.717, 1.165) is 20.3 Å². The van der Waals surface area contributed by atoms with E-state index in [-0.39, 0.29) is 6.03 Å². The van der Waals surface area contributed by atoms with Crippen molar-refractivity contribution in [3.8, 4) is 0 Å². The molecule has 17 heavy (non-hydrogen) atoms. The molecule has 0 fully saturated rings. The quantitative estimate of drug-likeness (QED) is 0.891. The first-order chi connectivity index (χ1) is 8.11. The lowest BCUT2D eigenvalue weighted by Gasteiger charge is -2.00. The molecule has 2 aromatic rings. The molecule has 0 spiro atoms. The van der Waals surface area contributed by atoms with Gasteiger partial charge in [-0.1, -0.05) is 27.3 Å². The van der Waals surface area contributed by atoms with Gasteiger partial charge in [0.15, 0.2) is 5.13 Å². The van der Waals surface area contributed by atoms with E-state index in [4.69, 9.17) is 0 Å². The first-order valence-corrected chi connectivity index (χ1v) is 6.83. The fourth-order valence-electron chi connectivity index (χ4n) is 1.45. The number of urea groups is 1. The van der Waals surface area contributed by atoms with E-state index < -0.39 is 0 Å². The first kappa shape index (κ1) is 12.3. The Morgan fingerprint density at radius 3 is 3.00 bits per heavy atom. The van der Waals surface area contributed by atoms with Crippen molar-refractivity contribution < 1.29 is 4.79 Å². The highest BCUT2D eigenvalue weighted by atomic mass is 79.9. The number of nitrogens with one attached hydrogen (secondary N) is 2. The number of amides is 2. The second kappa shape index (κ2) is 5.01. The maximum atomic E-state index is 11.4. The fraction of sp³-hybridized carbons (Fsp3) is 0.273. The van der Waals surface area contributed by atoms with Crippen molar-refractivity contribution in [1.82, 2.24) is 10.3 Å². The number of aromatic nitrogens is 1. The molecule has 0 radical (unpaired) electrons. The minimum Gasteiger partial charge on any atom is -0.338 e. The number of carbonyl (C=O) groups is 1. The van der Waals surface area contributed by atoms with E-state index in [9.17, 15) is 4.79 Å². The summed E-state index contributed by atoms with van der Waals surface area (Å²) in [5.41, 5.74) is 2.05. The normalized spacial score (nSPS) is 10.5. The van der Waals surface area contributed by atoms with E-state index >= 15 is 0 Å². The Morgan fingerprint density at radius 2 is 2.29 bits per heavy atom. The number of nitrogens with zero attached hydrogens (tertiary/aromatic N) is 1. The van der Waals surface area contributed by atoms with Gasteiger partial charge < -0.3 is 5.32 Å². The fourth-order valence-corrected chi connectivity index (χ4v) is 2.88. The molecule has 0 unspecified atom stereocenters. The molecular weight excluding hydrogens is 302 g/mol. The summed E-state index contributed by atoms with van der Waals surface area (Å²) in [5, 5.41) is 6.01. The zero-order valence-corrected chi connectivity index (χ0v) is 11.9. The van der Waals surface area contributed by atoms with Gasteiger partial charge in [-0.2, -0.15) is 0 Å². The molecule has 1 aromatic heterocycles. The van der Waals surface area contributed by atoms with Crippen LogP contribution in [0.2, 0.25) is 0 Å². The van der Waals surface area contributed by atoms with Crippen LogP contribution >= 0.6 is 27.3 Å². The van der Waals surface area contributed by atoms with Crippen molar-refractivity contribution in [3.05, 3.63) is 22.2 Å². The number of rotatable bonds is 2. The van der Waals surface area contributed by atoms with Crippen LogP contribution < -0.4 is 10.6 Å². The number of halogens is 1. The highest BCUT2D eigenvalue weighted by molar-refractivity contribution is 9.10. The Balaban J connectivity index is 2.32. The van der Waals surface area contributed by atoms with Crippen LogP contribution in [0.25, 0.3) is 10.2 Å². The number of thiazole rings is 1. The Labute approximate surface area is 112 Å². The lowest BCUT2D eigenvalue weighted by atomic mass is 10.2. The third kappa shape index (κ3) is 2.58. The predicted molar refractivity (Wildman–Crippen MR) is 74.8 cm³/mol. The Bertz CT molecular complexity index is 567. The number of fused-ring (bicyclic) bond motifs is 1. The highest BCUT2D eigenvalue weighted by Crippen LogP contribution is 2.32. The van der Waals surface area contributed by atoms with E-state index in [0.29, 0.717) is 11.7 Å². The number of aryl methyl sites for hydroxylation is 1. The van der Waals surface area contributed by atoms with E-state index in [1.165, 1.54) is 11.3 Å². The van der Waals surface area contributed by atoms with Crippen LogP contribution in [0.1, 0.15) is 12.5 Å². The number of hydrogen-bond acceptors (Lipinski definition) is 3. The van der Waals surface area contributed by atoms with Crippen LogP contribution in [0, 0.1) is 6.92 Å². The van der Waals surface area contributed by atoms with Gasteiger partial charge in [0.2, 0.25) is 0 Å². The van der Waals surface area contributed by atoms with Crippen molar-refractivity contribution in [2.24, 2.45) is 0 Å². The van der Waals surface area contributed by atoms with Gasteiger partial charge >= 0.3 is 6.03 Å². The van der Waals surface area contributed by atoms with Crippen LogP contribution in [-0.2, 0) is 0 Å². The Kier molecular flexibility index (Phi) is 3.63. The summed E-state index contributed by atoms with van der Waals surface area (Å²) in [6, 6.07) is 3.68. The van der Waals surface area contributed by atoms with Gasteiger partial charge in [-0.3, -0.25) is 5.32 Å². The molecular formula is C11H12BrN3OS. The maximum Gasteiger partial charge on any atom is 0.321 e. The second-order valence-electron chi connectivity index (χ2n) is 3.52. The molecule has 0 aliphatic rings. The summed E-state index contributed by atoms with van der Waals surface area (Å²) < 4.78 is 2.14. The number of carbonyl (C=O) groups excluding carboxylic acids is 1. The molecule has 6 heteroatoms. The molecule has 2 N–H and O–H groups in total. The standard InChI is InChI=1S/C11H12BrN3OS/c1-3-13-10(16)15-11-14-8-5-4-7(12)6(2)9(8)17-11/h4-5H,3H2,1-2H3,(H2,13,14,15,16). The molecule has 1 aromatic carbocycles. The molecule has 0 aliphatic carbocycles. The molecule has 0 bridgehead atoms. The first-order valence-electron chi connectivity index (χ1n) is 5.22. The van der Waals surface area contributed by atoms with Crippen LogP contribution in [0.5, 0.6) is 0 Å². The van der Waals surface area contributed by atoms with E-state index in [1.807, 2.05) is 26.0 Å². The third-order valence-electron chi connectivity index (χ3n) is 2.30. The van der Waals surface area contributed by atoms with Crippen molar-refractivity contribution >= 4 is 48.6 Å². The molecule has 0 atom stereocenters. The van der Waals surface area contributed by atoms with Crippen LogP contribution in [0.15, 0.2) is 16.6 Å². The SMILES string of the molecule is CCNC(=O)Nc1nc2ccc(Br)c(C)c2s1.